The van der Waals surface area contributed by atoms with Crippen LogP contribution in [-0.4, -0.2) is 41.8 Å². The summed E-state index contributed by atoms with van der Waals surface area (Å²) in [5.74, 6) is -0.790. The van der Waals surface area contributed by atoms with Crippen LogP contribution in [0.3, 0.4) is 0 Å². The lowest BCUT2D eigenvalue weighted by Crippen LogP contribution is -2.38. The highest BCUT2D eigenvalue weighted by Gasteiger charge is 2.37. The van der Waals surface area contributed by atoms with E-state index in [4.69, 9.17) is 9.47 Å². The van der Waals surface area contributed by atoms with Crippen molar-refractivity contribution < 1.29 is 29.3 Å². The second-order valence-corrected chi connectivity index (χ2v) is 7.14. The molecule has 1 saturated carbocycles. The Labute approximate surface area is 160 Å². The monoisotopic (exact) mass is 378 g/mol. The number of carbonyl (C=O) groups is 2. The molecule has 0 aliphatic heterocycles. The lowest BCUT2D eigenvalue weighted by Gasteiger charge is -2.34. The van der Waals surface area contributed by atoms with Crippen molar-refractivity contribution in [2.75, 3.05) is 13.7 Å². The molecule has 1 aliphatic carbocycles. The van der Waals surface area contributed by atoms with Crippen LogP contribution in [0.4, 0.5) is 0 Å². The number of carboxylic acids is 1. The first-order valence-corrected chi connectivity index (χ1v) is 9.68. The first-order chi connectivity index (χ1) is 13.0. The molecule has 150 valence electrons. The number of ketones is 1. The molecule has 0 bridgehead atoms. The number of phenols is 1. The molecule has 6 heteroatoms. The number of rotatable bonds is 10. The molecule has 3 atom stereocenters. The van der Waals surface area contributed by atoms with Gasteiger partial charge in [0.25, 0.3) is 0 Å². The minimum atomic E-state index is -0.784. The summed E-state index contributed by atoms with van der Waals surface area (Å²) in [6.07, 6.45) is 4.16. The van der Waals surface area contributed by atoms with Crippen molar-refractivity contribution in [3.63, 3.8) is 0 Å². The third kappa shape index (κ3) is 5.96. The molecule has 2 N–H and O–H groups in total. The molecule has 27 heavy (non-hydrogen) atoms. The van der Waals surface area contributed by atoms with Crippen molar-refractivity contribution in [3.05, 3.63) is 23.8 Å². The van der Waals surface area contributed by atoms with Crippen LogP contribution in [0, 0.1) is 11.8 Å². The third-order valence-electron chi connectivity index (χ3n) is 5.36. The highest BCUT2D eigenvalue weighted by atomic mass is 16.5. The minimum Gasteiger partial charge on any atom is -0.504 e. The standard InChI is InChI=1S/C21H30O6/c1-3-27-19(16-6-4-5-7-17(16)21(24)25)13-15(22)10-8-14-9-11-18(23)20(12-14)26-2/h9,11-12,16-17,19,23H,3-8,10,13H2,1-2H3,(H,24,25). The van der Waals surface area contributed by atoms with Crippen LogP contribution in [0.1, 0.15) is 51.0 Å². The maximum absolute atomic E-state index is 12.5. The van der Waals surface area contributed by atoms with E-state index in [0.717, 1.165) is 24.8 Å². The Hall–Kier alpha value is -2.08. The van der Waals surface area contributed by atoms with Gasteiger partial charge in [-0.2, -0.15) is 0 Å². The number of hydrogen-bond donors (Lipinski definition) is 2. The number of aliphatic carboxylic acids is 1. The minimum absolute atomic E-state index is 0.0650. The molecular weight excluding hydrogens is 348 g/mol. The molecule has 1 aromatic carbocycles. The van der Waals surface area contributed by atoms with E-state index in [9.17, 15) is 19.8 Å². The molecule has 0 amide bonds. The number of benzene rings is 1. The van der Waals surface area contributed by atoms with Crippen molar-refractivity contribution >= 4 is 11.8 Å². The fourth-order valence-electron chi connectivity index (χ4n) is 3.95. The second kappa shape index (κ2) is 10.3. The number of hydrogen-bond acceptors (Lipinski definition) is 5. The van der Waals surface area contributed by atoms with Gasteiger partial charge in [-0.15, -0.1) is 0 Å². The van der Waals surface area contributed by atoms with Gasteiger partial charge in [0.15, 0.2) is 11.5 Å². The third-order valence-corrected chi connectivity index (χ3v) is 5.36. The summed E-state index contributed by atoms with van der Waals surface area (Å²) in [4.78, 5) is 24.1. The van der Waals surface area contributed by atoms with Crippen molar-refractivity contribution in [1.29, 1.82) is 0 Å². The Morgan fingerprint density at radius 2 is 2.00 bits per heavy atom. The Morgan fingerprint density at radius 1 is 1.26 bits per heavy atom. The number of carbonyl (C=O) groups excluding carboxylic acids is 1. The average Bonchev–Trinajstić information content (AvgIpc) is 2.67. The molecule has 1 aromatic rings. The average molecular weight is 378 g/mol. The largest absolute Gasteiger partial charge is 0.504 e. The van der Waals surface area contributed by atoms with Crippen LogP contribution in [0.15, 0.2) is 18.2 Å². The van der Waals surface area contributed by atoms with Crippen molar-refractivity contribution in [2.24, 2.45) is 11.8 Å². The highest BCUT2D eigenvalue weighted by molar-refractivity contribution is 5.79. The van der Waals surface area contributed by atoms with Crippen LogP contribution in [-0.2, 0) is 20.7 Å². The van der Waals surface area contributed by atoms with Gasteiger partial charge in [-0.05, 0) is 49.8 Å². The predicted octanol–water partition coefficient (Wildman–Crippen LogP) is 3.59. The van der Waals surface area contributed by atoms with Gasteiger partial charge in [-0.3, -0.25) is 9.59 Å². The van der Waals surface area contributed by atoms with Gasteiger partial charge < -0.3 is 19.7 Å². The van der Waals surface area contributed by atoms with Crippen LogP contribution in [0.5, 0.6) is 11.5 Å². The molecule has 6 nitrogen and oxygen atoms in total. The first-order valence-electron chi connectivity index (χ1n) is 9.68. The molecule has 3 unspecified atom stereocenters. The van der Waals surface area contributed by atoms with E-state index in [2.05, 4.69) is 0 Å². The van der Waals surface area contributed by atoms with E-state index in [1.165, 1.54) is 7.11 Å². The van der Waals surface area contributed by atoms with E-state index >= 15 is 0 Å². The zero-order chi connectivity index (χ0) is 19.8. The maximum Gasteiger partial charge on any atom is 0.306 e. The van der Waals surface area contributed by atoms with Gasteiger partial charge in [-0.1, -0.05) is 18.9 Å². The van der Waals surface area contributed by atoms with E-state index < -0.39 is 11.9 Å². The van der Waals surface area contributed by atoms with Gasteiger partial charge in [0, 0.05) is 19.4 Å². The van der Waals surface area contributed by atoms with Crippen molar-refractivity contribution in [2.45, 2.75) is 58.0 Å². The van der Waals surface area contributed by atoms with Crippen LogP contribution in [0.25, 0.3) is 0 Å². The van der Waals surface area contributed by atoms with E-state index in [0.29, 0.717) is 31.6 Å². The number of aryl methyl sites for hydroxylation is 1. The van der Waals surface area contributed by atoms with Crippen molar-refractivity contribution in [3.8, 4) is 11.5 Å². The summed E-state index contributed by atoms with van der Waals surface area (Å²) in [6.45, 7) is 2.34. The summed E-state index contributed by atoms with van der Waals surface area (Å²) < 4.78 is 10.9. The van der Waals surface area contributed by atoms with Gasteiger partial charge in [0.2, 0.25) is 0 Å². The van der Waals surface area contributed by atoms with E-state index in [1.807, 2.05) is 6.92 Å². The fraction of sp³-hybridized carbons (Fsp3) is 0.619. The SMILES string of the molecule is CCOC(CC(=O)CCc1ccc(O)c(OC)c1)C1CCCCC1C(=O)O. The molecule has 0 saturated heterocycles. The Morgan fingerprint density at radius 3 is 2.67 bits per heavy atom. The Bertz CT molecular complexity index is 642. The molecular formula is C21H30O6. The lowest BCUT2D eigenvalue weighted by molar-refractivity contribution is -0.149. The van der Waals surface area contributed by atoms with Crippen LogP contribution >= 0.6 is 0 Å². The number of aromatic hydroxyl groups is 1. The summed E-state index contributed by atoms with van der Waals surface area (Å²) in [7, 11) is 1.49. The molecule has 1 fully saturated rings. The quantitative estimate of drug-likeness (QED) is 0.646. The van der Waals surface area contributed by atoms with Crippen molar-refractivity contribution in [1.82, 2.24) is 0 Å². The smallest absolute Gasteiger partial charge is 0.306 e. The van der Waals surface area contributed by atoms with Crippen LogP contribution in [0.2, 0.25) is 0 Å². The molecule has 1 aliphatic rings. The number of Topliss-reactive ketones (excluding diaryl/α,β-unsaturated/α-hetero) is 1. The summed E-state index contributed by atoms with van der Waals surface area (Å²) >= 11 is 0. The van der Waals surface area contributed by atoms with Gasteiger partial charge in [0.1, 0.15) is 5.78 Å². The molecule has 0 spiro atoms. The second-order valence-electron chi connectivity index (χ2n) is 7.14. The summed E-state index contributed by atoms with van der Waals surface area (Å²) in [5.41, 5.74) is 0.909. The number of carboxylic acid groups (broad SMARTS) is 1. The molecule has 2 rings (SSSR count). The van der Waals surface area contributed by atoms with E-state index in [1.54, 1.807) is 18.2 Å². The summed E-state index contributed by atoms with van der Waals surface area (Å²) in [6, 6.07) is 5.05. The fourth-order valence-corrected chi connectivity index (χ4v) is 3.95. The molecule has 0 aromatic heterocycles. The van der Waals surface area contributed by atoms with E-state index in [-0.39, 0.29) is 30.0 Å². The molecule has 0 radical (unpaired) electrons. The Kier molecular flexibility index (Phi) is 8.10. The van der Waals surface area contributed by atoms with Crippen LogP contribution < -0.4 is 4.74 Å². The maximum atomic E-state index is 12.5. The zero-order valence-electron chi connectivity index (χ0n) is 16.1. The summed E-state index contributed by atoms with van der Waals surface area (Å²) in [5, 5.41) is 19.2. The predicted molar refractivity (Wildman–Crippen MR) is 101 cm³/mol. The van der Waals surface area contributed by atoms with Gasteiger partial charge >= 0.3 is 5.97 Å². The number of phenolic OH excluding ortho intramolecular Hbond substituents is 1. The van der Waals surface area contributed by atoms with Gasteiger partial charge in [0.05, 0.1) is 19.1 Å². The topological polar surface area (TPSA) is 93.1 Å². The normalized spacial score (nSPS) is 20.8. The number of methoxy groups -OCH3 is 1. The number of ether oxygens (including phenoxy) is 2. The highest BCUT2D eigenvalue weighted by Crippen LogP contribution is 2.35. The molecule has 0 heterocycles. The van der Waals surface area contributed by atoms with Gasteiger partial charge in [-0.25, -0.2) is 0 Å². The Balaban J connectivity index is 1.97. The zero-order valence-corrected chi connectivity index (χ0v) is 16.1. The first kappa shape index (κ1) is 21.2. The lowest BCUT2D eigenvalue weighted by atomic mass is 9.75.